The number of amides is 2. The van der Waals surface area contributed by atoms with Crippen LogP contribution in [0.1, 0.15) is 28.8 Å². The number of likely N-dealkylation sites (tertiary alicyclic amines) is 1. The van der Waals surface area contributed by atoms with E-state index in [1.54, 1.807) is 12.1 Å². The van der Waals surface area contributed by atoms with Crippen molar-refractivity contribution in [3.8, 4) is 0 Å². The lowest BCUT2D eigenvalue weighted by Crippen LogP contribution is -2.23. The van der Waals surface area contributed by atoms with Gasteiger partial charge >= 0.3 is 0 Å². The van der Waals surface area contributed by atoms with Crippen LogP contribution in [0.25, 0.3) is 0 Å². The summed E-state index contributed by atoms with van der Waals surface area (Å²) in [5.41, 5.74) is 2.40. The second-order valence-corrected chi connectivity index (χ2v) is 6.49. The Hall–Kier alpha value is -2.14. The molecule has 1 aliphatic heterocycles. The van der Waals surface area contributed by atoms with Gasteiger partial charge in [0, 0.05) is 35.2 Å². The van der Waals surface area contributed by atoms with Gasteiger partial charge in [-0.2, -0.15) is 0 Å². The van der Waals surface area contributed by atoms with E-state index in [0.717, 1.165) is 28.7 Å². The molecular formula is C18H17BrN2O2. The van der Waals surface area contributed by atoms with Crippen molar-refractivity contribution in [1.82, 2.24) is 4.90 Å². The van der Waals surface area contributed by atoms with Gasteiger partial charge in [0.05, 0.1) is 0 Å². The third kappa shape index (κ3) is 3.99. The molecule has 4 nitrogen and oxygen atoms in total. The monoisotopic (exact) mass is 372 g/mol. The summed E-state index contributed by atoms with van der Waals surface area (Å²) in [5, 5.41) is 2.86. The van der Waals surface area contributed by atoms with Crippen molar-refractivity contribution >= 4 is 33.4 Å². The molecule has 1 heterocycles. The molecule has 1 aliphatic rings. The van der Waals surface area contributed by atoms with Crippen molar-refractivity contribution in [3.05, 3.63) is 64.1 Å². The van der Waals surface area contributed by atoms with Crippen molar-refractivity contribution in [2.24, 2.45) is 0 Å². The average molecular weight is 373 g/mol. The molecule has 2 aromatic rings. The van der Waals surface area contributed by atoms with Crippen LogP contribution in [-0.2, 0) is 11.3 Å². The van der Waals surface area contributed by atoms with Crippen molar-refractivity contribution in [2.75, 3.05) is 11.9 Å². The Kier molecular flexibility index (Phi) is 4.76. The molecule has 5 heteroatoms. The van der Waals surface area contributed by atoms with Gasteiger partial charge in [0.1, 0.15) is 0 Å². The Bertz CT molecular complexity index is 711. The highest BCUT2D eigenvalue weighted by Crippen LogP contribution is 2.17. The average Bonchev–Trinajstić information content (AvgIpc) is 2.95. The lowest BCUT2D eigenvalue weighted by molar-refractivity contribution is -0.128. The lowest BCUT2D eigenvalue weighted by atomic mass is 10.1. The van der Waals surface area contributed by atoms with E-state index in [1.165, 1.54) is 0 Å². The molecule has 0 aliphatic carbocycles. The minimum atomic E-state index is -0.142. The molecule has 1 saturated heterocycles. The number of nitrogens with one attached hydrogen (secondary N) is 1. The molecule has 1 N–H and O–H groups in total. The number of nitrogens with zero attached hydrogens (tertiary/aromatic N) is 1. The van der Waals surface area contributed by atoms with Crippen LogP contribution < -0.4 is 5.32 Å². The van der Waals surface area contributed by atoms with E-state index < -0.39 is 0 Å². The standard InChI is InChI=1S/C18H17BrN2O2/c19-15-7-9-16(10-8-15)20-18(23)14-5-3-13(4-6-14)12-21-11-1-2-17(21)22/h3-10H,1-2,11-12H2,(H,20,23). The number of anilines is 1. The summed E-state index contributed by atoms with van der Waals surface area (Å²) in [4.78, 5) is 25.7. The molecule has 0 unspecified atom stereocenters. The van der Waals surface area contributed by atoms with E-state index in [-0.39, 0.29) is 11.8 Å². The smallest absolute Gasteiger partial charge is 0.255 e. The van der Waals surface area contributed by atoms with Gasteiger partial charge in [-0.1, -0.05) is 28.1 Å². The molecule has 0 spiro atoms. The molecule has 3 rings (SSSR count). The molecule has 23 heavy (non-hydrogen) atoms. The largest absolute Gasteiger partial charge is 0.338 e. The van der Waals surface area contributed by atoms with E-state index in [0.29, 0.717) is 18.5 Å². The summed E-state index contributed by atoms with van der Waals surface area (Å²) in [7, 11) is 0. The van der Waals surface area contributed by atoms with Crippen LogP contribution in [-0.4, -0.2) is 23.3 Å². The van der Waals surface area contributed by atoms with Gasteiger partial charge in [-0.3, -0.25) is 9.59 Å². The first-order valence-corrected chi connectivity index (χ1v) is 8.35. The van der Waals surface area contributed by atoms with Gasteiger partial charge in [0.2, 0.25) is 5.91 Å². The molecule has 118 valence electrons. The SMILES string of the molecule is O=C(Nc1ccc(Br)cc1)c1ccc(CN2CCCC2=O)cc1. The van der Waals surface area contributed by atoms with E-state index in [2.05, 4.69) is 21.2 Å². The fourth-order valence-electron chi connectivity index (χ4n) is 2.59. The predicted octanol–water partition coefficient (Wildman–Crippen LogP) is 3.82. The van der Waals surface area contributed by atoms with Crippen LogP contribution in [0.3, 0.4) is 0 Å². The normalized spacial score (nSPS) is 14.1. The van der Waals surface area contributed by atoms with E-state index in [9.17, 15) is 9.59 Å². The van der Waals surface area contributed by atoms with Crippen LogP contribution in [0, 0.1) is 0 Å². The highest BCUT2D eigenvalue weighted by molar-refractivity contribution is 9.10. The third-order valence-electron chi connectivity index (χ3n) is 3.86. The molecule has 0 bridgehead atoms. The second kappa shape index (κ2) is 6.96. The van der Waals surface area contributed by atoms with Gasteiger partial charge in [-0.15, -0.1) is 0 Å². The van der Waals surface area contributed by atoms with Crippen LogP contribution in [0.4, 0.5) is 5.69 Å². The molecule has 2 aromatic carbocycles. The zero-order chi connectivity index (χ0) is 16.2. The zero-order valence-electron chi connectivity index (χ0n) is 12.6. The summed E-state index contributed by atoms with van der Waals surface area (Å²) in [6, 6.07) is 14.8. The number of carbonyl (C=O) groups is 2. The summed E-state index contributed by atoms with van der Waals surface area (Å²) in [6.45, 7) is 1.44. The summed E-state index contributed by atoms with van der Waals surface area (Å²) in [6.07, 6.45) is 1.58. The first-order valence-electron chi connectivity index (χ1n) is 7.55. The summed E-state index contributed by atoms with van der Waals surface area (Å²) < 4.78 is 0.969. The summed E-state index contributed by atoms with van der Waals surface area (Å²) in [5.74, 6) is 0.0678. The molecule has 1 fully saturated rings. The zero-order valence-corrected chi connectivity index (χ0v) is 14.2. The number of halogens is 1. The Labute approximate surface area is 143 Å². The fourth-order valence-corrected chi connectivity index (χ4v) is 2.85. The molecular weight excluding hydrogens is 356 g/mol. The number of carbonyl (C=O) groups excluding carboxylic acids is 2. The predicted molar refractivity (Wildman–Crippen MR) is 93.2 cm³/mol. The van der Waals surface area contributed by atoms with Crippen molar-refractivity contribution < 1.29 is 9.59 Å². The third-order valence-corrected chi connectivity index (χ3v) is 4.39. The number of hydrogen-bond donors (Lipinski definition) is 1. The lowest BCUT2D eigenvalue weighted by Gasteiger charge is -2.15. The molecule has 0 aromatic heterocycles. The van der Waals surface area contributed by atoms with Crippen molar-refractivity contribution in [1.29, 1.82) is 0 Å². The first kappa shape index (κ1) is 15.7. The summed E-state index contributed by atoms with van der Waals surface area (Å²) >= 11 is 3.36. The van der Waals surface area contributed by atoms with Gasteiger partial charge < -0.3 is 10.2 Å². The minimum absolute atomic E-state index is 0.142. The number of hydrogen-bond acceptors (Lipinski definition) is 2. The molecule has 0 radical (unpaired) electrons. The van der Waals surface area contributed by atoms with Crippen molar-refractivity contribution in [3.63, 3.8) is 0 Å². The fraction of sp³-hybridized carbons (Fsp3) is 0.222. The Morgan fingerprint density at radius 3 is 2.39 bits per heavy atom. The Morgan fingerprint density at radius 2 is 1.78 bits per heavy atom. The Balaban J connectivity index is 1.63. The molecule has 2 amide bonds. The van der Waals surface area contributed by atoms with Crippen LogP contribution in [0.2, 0.25) is 0 Å². The minimum Gasteiger partial charge on any atom is -0.338 e. The van der Waals surface area contributed by atoms with Crippen LogP contribution in [0.5, 0.6) is 0 Å². The van der Waals surface area contributed by atoms with E-state index in [4.69, 9.17) is 0 Å². The molecule has 0 saturated carbocycles. The van der Waals surface area contributed by atoms with Gasteiger partial charge in [-0.25, -0.2) is 0 Å². The van der Waals surface area contributed by atoms with Crippen molar-refractivity contribution in [2.45, 2.75) is 19.4 Å². The van der Waals surface area contributed by atoms with Gasteiger partial charge in [0.25, 0.3) is 5.91 Å². The maximum absolute atomic E-state index is 12.2. The Morgan fingerprint density at radius 1 is 1.09 bits per heavy atom. The molecule has 0 atom stereocenters. The highest BCUT2D eigenvalue weighted by atomic mass is 79.9. The van der Waals surface area contributed by atoms with Crippen LogP contribution in [0.15, 0.2) is 53.0 Å². The topological polar surface area (TPSA) is 49.4 Å². The number of benzene rings is 2. The van der Waals surface area contributed by atoms with Crippen LogP contribution >= 0.6 is 15.9 Å². The maximum Gasteiger partial charge on any atom is 0.255 e. The van der Waals surface area contributed by atoms with E-state index >= 15 is 0 Å². The quantitative estimate of drug-likeness (QED) is 0.886. The van der Waals surface area contributed by atoms with Gasteiger partial charge in [0.15, 0.2) is 0 Å². The number of rotatable bonds is 4. The van der Waals surface area contributed by atoms with E-state index in [1.807, 2.05) is 41.3 Å². The first-order chi connectivity index (χ1) is 11.1. The highest BCUT2D eigenvalue weighted by Gasteiger charge is 2.19. The second-order valence-electron chi connectivity index (χ2n) is 5.58. The van der Waals surface area contributed by atoms with Gasteiger partial charge in [-0.05, 0) is 48.4 Å². The maximum atomic E-state index is 12.2.